The highest BCUT2D eigenvalue weighted by Gasteiger charge is 2.23. The zero-order chi connectivity index (χ0) is 13.4. The molecule has 2 aromatic heterocycles. The number of aromatic amines is 1. The minimum atomic E-state index is -0.113. The molecule has 0 amide bonds. The van der Waals surface area contributed by atoms with Crippen LogP contribution in [0.1, 0.15) is 42.3 Å². The van der Waals surface area contributed by atoms with Crippen molar-refractivity contribution in [2.75, 3.05) is 0 Å². The van der Waals surface area contributed by atoms with Crippen molar-refractivity contribution in [3.8, 4) is 11.5 Å². The summed E-state index contributed by atoms with van der Waals surface area (Å²) in [6, 6.07) is 0. The Hall–Kier alpha value is -1.01. The number of aryl methyl sites for hydroxylation is 1. The Morgan fingerprint density at radius 2 is 2.11 bits per heavy atom. The fourth-order valence-electron chi connectivity index (χ4n) is 2.54. The van der Waals surface area contributed by atoms with Crippen LogP contribution in [0, 0.1) is 6.92 Å². The Kier molecular flexibility index (Phi) is 3.54. The molecule has 6 heteroatoms. The molecule has 0 atom stereocenters. The van der Waals surface area contributed by atoms with Crippen LogP contribution in [0.3, 0.4) is 0 Å². The molecule has 1 fully saturated rings. The average Bonchev–Trinajstić information content (AvgIpc) is 3.03. The molecule has 0 radical (unpaired) electrons. The number of halogens is 1. The van der Waals surface area contributed by atoms with Crippen molar-refractivity contribution in [1.29, 1.82) is 0 Å². The summed E-state index contributed by atoms with van der Waals surface area (Å²) in [5.74, 6) is 0.981. The lowest BCUT2D eigenvalue weighted by Crippen LogP contribution is -2.15. The van der Waals surface area contributed by atoms with Gasteiger partial charge in [0.25, 0.3) is 5.56 Å². The summed E-state index contributed by atoms with van der Waals surface area (Å²) < 4.78 is 0.579. The van der Waals surface area contributed by atoms with Crippen molar-refractivity contribution in [2.24, 2.45) is 0 Å². The Morgan fingerprint density at radius 1 is 1.37 bits per heavy atom. The molecule has 4 nitrogen and oxygen atoms in total. The SMILES string of the molecule is Cc1nc(-c2nc(C3CCCC3)c(Br)c(=O)[nH]2)cs1. The summed E-state index contributed by atoms with van der Waals surface area (Å²) in [5.41, 5.74) is 1.53. The molecule has 1 aliphatic carbocycles. The summed E-state index contributed by atoms with van der Waals surface area (Å²) in [5, 5.41) is 2.91. The predicted molar refractivity (Wildman–Crippen MR) is 79.6 cm³/mol. The van der Waals surface area contributed by atoms with Crippen molar-refractivity contribution in [2.45, 2.75) is 38.5 Å². The van der Waals surface area contributed by atoms with Crippen LogP contribution in [0.25, 0.3) is 11.5 Å². The topological polar surface area (TPSA) is 58.6 Å². The fraction of sp³-hybridized carbons (Fsp3) is 0.462. The summed E-state index contributed by atoms with van der Waals surface area (Å²) in [7, 11) is 0. The third kappa shape index (κ3) is 2.51. The summed E-state index contributed by atoms with van der Waals surface area (Å²) in [6.45, 7) is 1.95. The number of H-pyrrole nitrogens is 1. The minimum absolute atomic E-state index is 0.113. The lowest BCUT2D eigenvalue weighted by molar-refractivity contribution is 0.688. The number of thiazole rings is 1. The van der Waals surface area contributed by atoms with E-state index in [1.54, 1.807) is 11.3 Å². The lowest BCUT2D eigenvalue weighted by Gasteiger charge is -2.11. The number of hydrogen-bond acceptors (Lipinski definition) is 4. The van der Waals surface area contributed by atoms with Crippen molar-refractivity contribution in [3.63, 3.8) is 0 Å². The number of aromatic nitrogens is 3. The first-order valence-electron chi connectivity index (χ1n) is 6.37. The third-order valence-electron chi connectivity index (χ3n) is 3.49. The van der Waals surface area contributed by atoms with Gasteiger partial charge in [-0.05, 0) is 35.7 Å². The monoisotopic (exact) mass is 339 g/mol. The highest BCUT2D eigenvalue weighted by atomic mass is 79.9. The highest BCUT2D eigenvalue weighted by Crippen LogP contribution is 2.36. The first kappa shape index (κ1) is 13.0. The quantitative estimate of drug-likeness (QED) is 0.908. The van der Waals surface area contributed by atoms with Gasteiger partial charge in [0, 0.05) is 11.3 Å². The van der Waals surface area contributed by atoms with Crippen LogP contribution in [0.2, 0.25) is 0 Å². The van der Waals surface area contributed by atoms with E-state index >= 15 is 0 Å². The lowest BCUT2D eigenvalue weighted by atomic mass is 10.0. The summed E-state index contributed by atoms with van der Waals surface area (Å²) >= 11 is 4.94. The summed E-state index contributed by atoms with van der Waals surface area (Å²) in [6.07, 6.45) is 4.67. The van der Waals surface area contributed by atoms with Crippen LogP contribution in [0.4, 0.5) is 0 Å². The van der Waals surface area contributed by atoms with E-state index in [0.717, 1.165) is 29.2 Å². The standard InChI is InChI=1S/C13H14BrN3OS/c1-7-15-9(6-19-7)12-16-11(8-4-2-3-5-8)10(14)13(18)17-12/h6,8H,2-5H2,1H3,(H,16,17,18). The van der Waals surface area contributed by atoms with Gasteiger partial charge in [-0.3, -0.25) is 4.79 Å². The molecule has 1 aliphatic rings. The number of nitrogens with zero attached hydrogens (tertiary/aromatic N) is 2. The maximum atomic E-state index is 12.0. The molecule has 100 valence electrons. The molecular formula is C13H14BrN3OS. The molecule has 0 aliphatic heterocycles. The first-order chi connectivity index (χ1) is 9.15. The van der Waals surface area contributed by atoms with Crippen LogP contribution in [0.15, 0.2) is 14.6 Å². The van der Waals surface area contributed by atoms with E-state index < -0.39 is 0 Å². The predicted octanol–water partition coefficient (Wildman–Crippen LogP) is 3.62. The Labute approximate surface area is 123 Å². The molecule has 0 unspecified atom stereocenters. The molecule has 1 N–H and O–H groups in total. The Morgan fingerprint density at radius 3 is 2.74 bits per heavy atom. The third-order valence-corrected chi connectivity index (χ3v) is 5.03. The summed E-state index contributed by atoms with van der Waals surface area (Å²) in [4.78, 5) is 23.9. The molecule has 0 saturated heterocycles. The normalized spacial score (nSPS) is 16.1. The fourth-order valence-corrected chi connectivity index (χ4v) is 3.65. The van der Waals surface area contributed by atoms with Gasteiger partial charge in [0.05, 0.1) is 10.7 Å². The van der Waals surface area contributed by atoms with Gasteiger partial charge < -0.3 is 4.98 Å². The van der Waals surface area contributed by atoms with Crippen LogP contribution >= 0.6 is 27.3 Å². The molecule has 2 heterocycles. The number of nitrogens with one attached hydrogen (secondary N) is 1. The van der Waals surface area contributed by atoms with E-state index in [0.29, 0.717) is 16.2 Å². The molecule has 3 rings (SSSR count). The molecular weight excluding hydrogens is 326 g/mol. The second-order valence-electron chi connectivity index (χ2n) is 4.85. The van der Waals surface area contributed by atoms with Crippen LogP contribution in [-0.2, 0) is 0 Å². The largest absolute Gasteiger partial charge is 0.304 e. The van der Waals surface area contributed by atoms with E-state index in [1.165, 1.54) is 12.8 Å². The van der Waals surface area contributed by atoms with Crippen LogP contribution < -0.4 is 5.56 Å². The van der Waals surface area contributed by atoms with Crippen LogP contribution in [0.5, 0.6) is 0 Å². The Bertz CT molecular complexity index is 658. The van der Waals surface area contributed by atoms with Gasteiger partial charge in [-0.2, -0.15) is 0 Å². The van der Waals surface area contributed by atoms with E-state index in [-0.39, 0.29) is 5.56 Å². The van der Waals surface area contributed by atoms with Crippen LogP contribution in [-0.4, -0.2) is 15.0 Å². The highest BCUT2D eigenvalue weighted by molar-refractivity contribution is 9.10. The van der Waals surface area contributed by atoms with E-state index in [1.807, 2.05) is 12.3 Å². The van der Waals surface area contributed by atoms with Crippen molar-refractivity contribution < 1.29 is 0 Å². The van der Waals surface area contributed by atoms with Crippen molar-refractivity contribution in [1.82, 2.24) is 15.0 Å². The zero-order valence-electron chi connectivity index (χ0n) is 10.6. The molecule has 0 spiro atoms. The van der Waals surface area contributed by atoms with Gasteiger partial charge in [-0.15, -0.1) is 11.3 Å². The van der Waals surface area contributed by atoms with E-state index in [2.05, 4.69) is 30.9 Å². The maximum Gasteiger partial charge on any atom is 0.265 e. The van der Waals surface area contributed by atoms with Crippen molar-refractivity contribution >= 4 is 27.3 Å². The van der Waals surface area contributed by atoms with Gasteiger partial charge in [0.2, 0.25) is 0 Å². The Balaban J connectivity index is 2.09. The van der Waals surface area contributed by atoms with Gasteiger partial charge in [0.1, 0.15) is 10.2 Å². The van der Waals surface area contributed by atoms with Crippen molar-refractivity contribution in [3.05, 3.63) is 30.9 Å². The second kappa shape index (κ2) is 5.17. The smallest absolute Gasteiger partial charge is 0.265 e. The number of hydrogen-bond donors (Lipinski definition) is 1. The molecule has 1 saturated carbocycles. The molecule has 0 aromatic carbocycles. The minimum Gasteiger partial charge on any atom is -0.304 e. The van der Waals surface area contributed by atoms with Gasteiger partial charge in [0.15, 0.2) is 5.82 Å². The second-order valence-corrected chi connectivity index (χ2v) is 6.70. The van der Waals surface area contributed by atoms with E-state index in [9.17, 15) is 4.79 Å². The van der Waals surface area contributed by atoms with Gasteiger partial charge in [-0.1, -0.05) is 12.8 Å². The maximum absolute atomic E-state index is 12.0. The van der Waals surface area contributed by atoms with Gasteiger partial charge in [-0.25, -0.2) is 9.97 Å². The first-order valence-corrected chi connectivity index (χ1v) is 8.04. The van der Waals surface area contributed by atoms with E-state index in [4.69, 9.17) is 0 Å². The number of rotatable bonds is 2. The zero-order valence-corrected chi connectivity index (χ0v) is 13.0. The molecule has 19 heavy (non-hydrogen) atoms. The van der Waals surface area contributed by atoms with Gasteiger partial charge >= 0.3 is 0 Å². The molecule has 2 aromatic rings. The molecule has 0 bridgehead atoms. The average molecular weight is 340 g/mol.